The number of carbonyl (C=O) groups is 1. The maximum atomic E-state index is 11.4. The van der Waals surface area contributed by atoms with Crippen molar-refractivity contribution in [1.29, 1.82) is 0 Å². The number of carbonyl (C=O) groups excluding carboxylic acids is 1. The number of rotatable bonds is 4. The molecule has 0 spiro atoms. The average Bonchev–Trinajstić information content (AvgIpc) is 2.65. The highest BCUT2D eigenvalue weighted by molar-refractivity contribution is 5.78. The van der Waals surface area contributed by atoms with Gasteiger partial charge >= 0.3 is 0 Å². The van der Waals surface area contributed by atoms with Gasteiger partial charge in [0.25, 0.3) is 0 Å². The topological polar surface area (TPSA) is 61.8 Å². The van der Waals surface area contributed by atoms with Gasteiger partial charge in [0.05, 0.1) is 18.8 Å². The molecule has 0 unspecified atom stereocenters. The molecule has 5 heteroatoms. The molecule has 2 aliphatic heterocycles. The van der Waals surface area contributed by atoms with Gasteiger partial charge in [-0.05, 0) is 12.8 Å². The Bertz CT molecular complexity index is 223. The molecule has 0 aromatic rings. The van der Waals surface area contributed by atoms with Crippen LogP contribution in [0.5, 0.6) is 0 Å². The first-order chi connectivity index (χ1) is 7.24. The lowest BCUT2D eigenvalue weighted by Gasteiger charge is -2.35. The lowest BCUT2D eigenvalue weighted by atomic mass is 10.2. The minimum Gasteiger partial charge on any atom is -0.390 e. The third-order valence-electron chi connectivity index (χ3n) is 2.86. The molecule has 15 heavy (non-hydrogen) atoms. The summed E-state index contributed by atoms with van der Waals surface area (Å²) >= 11 is 0. The van der Waals surface area contributed by atoms with E-state index in [0.717, 1.165) is 19.4 Å². The summed E-state index contributed by atoms with van der Waals surface area (Å²) in [5.41, 5.74) is 0. The van der Waals surface area contributed by atoms with E-state index in [2.05, 4.69) is 5.32 Å². The van der Waals surface area contributed by atoms with E-state index in [1.54, 1.807) is 0 Å². The van der Waals surface area contributed by atoms with Gasteiger partial charge in [0.2, 0.25) is 5.91 Å². The van der Waals surface area contributed by atoms with E-state index in [-0.39, 0.29) is 18.1 Å². The smallest absolute Gasteiger partial charge is 0.234 e. The van der Waals surface area contributed by atoms with Crippen molar-refractivity contribution in [3.05, 3.63) is 0 Å². The van der Waals surface area contributed by atoms with E-state index in [0.29, 0.717) is 26.2 Å². The number of nitrogens with one attached hydrogen (secondary N) is 1. The van der Waals surface area contributed by atoms with Gasteiger partial charge in [-0.3, -0.25) is 9.69 Å². The number of amides is 1. The Morgan fingerprint density at radius 2 is 2.33 bits per heavy atom. The third kappa shape index (κ3) is 3.15. The summed E-state index contributed by atoms with van der Waals surface area (Å²) in [6, 6.07) is 0. The Hall–Kier alpha value is -0.650. The molecule has 2 fully saturated rings. The SMILES string of the molecule is O=C(CN1CC(O)C1)NC[C@@H]1CCCO1. The summed E-state index contributed by atoms with van der Waals surface area (Å²) in [5.74, 6) is 0.0254. The van der Waals surface area contributed by atoms with Crippen LogP contribution in [0, 0.1) is 0 Å². The van der Waals surface area contributed by atoms with Crippen LogP contribution in [0.2, 0.25) is 0 Å². The summed E-state index contributed by atoms with van der Waals surface area (Å²) in [6.07, 6.45) is 2.11. The first kappa shape index (κ1) is 10.9. The zero-order chi connectivity index (χ0) is 10.7. The lowest BCUT2D eigenvalue weighted by Crippen LogP contribution is -2.54. The molecule has 1 atom stereocenters. The van der Waals surface area contributed by atoms with Crippen LogP contribution in [0.15, 0.2) is 0 Å². The molecule has 0 aliphatic carbocycles. The molecule has 2 heterocycles. The second-order valence-electron chi connectivity index (χ2n) is 4.29. The van der Waals surface area contributed by atoms with E-state index in [1.807, 2.05) is 4.90 Å². The molecular weight excluding hydrogens is 196 g/mol. The Morgan fingerprint density at radius 3 is 2.93 bits per heavy atom. The molecule has 5 nitrogen and oxygen atoms in total. The molecule has 0 radical (unpaired) electrons. The highest BCUT2D eigenvalue weighted by atomic mass is 16.5. The predicted octanol–water partition coefficient (Wildman–Crippen LogP) is -1.04. The lowest BCUT2D eigenvalue weighted by molar-refractivity contribution is -0.125. The minimum absolute atomic E-state index is 0.0254. The normalized spacial score (nSPS) is 27.7. The standard InChI is InChI=1S/C10H18N2O3/c13-8-5-12(6-8)7-10(14)11-4-9-2-1-3-15-9/h8-9,13H,1-7H2,(H,11,14)/t9-/m0/s1. The van der Waals surface area contributed by atoms with E-state index < -0.39 is 0 Å². The highest BCUT2D eigenvalue weighted by Crippen LogP contribution is 2.10. The molecule has 0 aromatic carbocycles. The second-order valence-corrected chi connectivity index (χ2v) is 4.29. The van der Waals surface area contributed by atoms with Crippen LogP contribution in [-0.4, -0.2) is 60.9 Å². The van der Waals surface area contributed by atoms with Crippen molar-refractivity contribution in [1.82, 2.24) is 10.2 Å². The highest BCUT2D eigenvalue weighted by Gasteiger charge is 2.26. The molecule has 2 saturated heterocycles. The zero-order valence-electron chi connectivity index (χ0n) is 8.82. The fourth-order valence-corrected chi connectivity index (χ4v) is 1.96. The first-order valence-corrected chi connectivity index (χ1v) is 5.53. The molecule has 2 rings (SSSR count). The molecule has 0 saturated carbocycles. The molecule has 86 valence electrons. The van der Waals surface area contributed by atoms with E-state index in [9.17, 15) is 4.79 Å². The second kappa shape index (κ2) is 4.92. The zero-order valence-corrected chi connectivity index (χ0v) is 8.82. The van der Waals surface area contributed by atoms with Crippen LogP contribution < -0.4 is 5.32 Å². The monoisotopic (exact) mass is 214 g/mol. The van der Waals surface area contributed by atoms with Gasteiger partial charge in [0.15, 0.2) is 0 Å². The Labute approximate surface area is 89.4 Å². The summed E-state index contributed by atoms with van der Waals surface area (Å²) < 4.78 is 5.40. The van der Waals surface area contributed by atoms with Crippen molar-refractivity contribution in [2.45, 2.75) is 25.0 Å². The maximum absolute atomic E-state index is 11.4. The fraction of sp³-hybridized carbons (Fsp3) is 0.900. The number of hydrogen-bond acceptors (Lipinski definition) is 4. The van der Waals surface area contributed by atoms with Crippen molar-refractivity contribution in [3.8, 4) is 0 Å². The summed E-state index contributed by atoms with van der Waals surface area (Å²) in [4.78, 5) is 13.3. The first-order valence-electron chi connectivity index (χ1n) is 5.53. The van der Waals surface area contributed by atoms with Crippen LogP contribution in [-0.2, 0) is 9.53 Å². The predicted molar refractivity (Wildman–Crippen MR) is 54.4 cm³/mol. The van der Waals surface area contributed by atoms with Crippen LogP contribution in [0.4, 0.5) is 0 Å². The van der Waals surface area contributed by atoms with Crippen LogP contribution in [0.25, 0.3) is 0 Å². The summed E-state index contributed by atoms with van der Waals surface area (Å²) in [6.45, 7) is 3.07. The van der Waals surface area contributed by atoms with E-state index >= 15 is 0 Å². The number of aliphatic hydroxyl groups is 1. The average molecular weight is 214 g/mol. The molecule has 2 aliphatic rings. The van der Waals surface area contributed by atoms with Gasteiger partial charge in [0.1, 0.15) is 0 Å². The number of nitrogens with zero attached hydrogens (tertiary/aromatic N) is 1. The van der Waals surface area contributed by atoms with Gasteiger partial charge < -0.3 is 15.2 Å². The molecule has 0 bridgehead atoms. The van der Waals surface area contributed by atoms with Crippen LogP contribution >= 0.6 is 0 Å². The van der Waals surface area contributed by atoms with Crippen molar-refractivity contribution in [3.63, 3.8) is 0 Å². The minimum atomic E-state index is -0.240. The number of ether oxygens (including phenoxy) is 1. The van der Waals surface area contributed by atoms with Gasteiger partial charge in [-0.1, -0.05) is 0 Å². The van der Waals surface area contributed by atoms with Crippen molar-refractivity contribution in [2.75, 3.05) is 32.8 Å². The van der Waals surface area contributed by atoms with Gasteiger partial charge in [-0.2, -0.15) is 0 Å². The molecular formula is C10H18N2O3. The number of β-amino-alcohol motifs (C(OH)–C–C–N with tert-alkyl or cyclic N) is 1. The molecule has 2 N–H and O–H groups in total. The number of hydrogen-bond donors (Lipinski definition) is 2. The van der Waals surface area contributed by atoms with Crippen LogP contribution in [0.1, 0.15) is 12.8 Å². The van der Waals surface area contributed by atoms with E-state index in [1.165, 1.54) is 0 Å². The maximum Gasteiger partial charge on any atom is 0.234 e. The number of aliphatic hydroxyl groups excluding tert-OH is 1. The Balaban J connectivity index is 1.56. The number of likely N-dealkylation sites (tertiary alicyclic amines) is 1. The van der Waals surface area contributed by atoms with Gasteiger partial charge in [-0.25, -0.2) is 0 Å². The van der Waals surface area contributed by atoms with Crippen LogP contribution in [0.3, 0.4) is 0 Å². The molecule has 1 amide bonds. The van der Waals surface area contributed by atoms with E-state index in [4.69, 9.17) is 9.84 Å². The van der Waals surface area contributed by atoms with Gasteiger partial charge in [0, 0.05) is 26.2 Å². The quantitative estimate of drug-likeness (QED) is 0.627. The molecule has 0 aromatic heterocycles. The van der Waals surface area contributed by atoms with Crippen molar-refractivity contribution >= 4 is 5.91 Å². The Kier molecular flexibility index (Phi) is 3.56. The van der Waals surface area contributed by atoms with Crippen molar-refractivity contribution < 1.29 is 14.6 Å². The van der Waals surface area contributed by atoms with Gasteiger partial charge in [-0.15, -0.1) is 0 Å². The van der Waals surface area contributed by atoms with Crippen molar-refractivity contribution in [2.24, 2.45) is 0 Å². The fourth-order valence-electron chi connectivity index (χ4n) is 1.96. The Morgan fingerprint density at radius 1 is 1.53 bits per heavy atom. The third-order valence-corrected chi connectivity index (χ3v) is 2.86. The summed E-state index contributed by atoms with van der Waals surface area (Å²) in [5, 5.41) is 11.9. The largest absolute Gasteiger partial charge is 0.390 e. The summed E-state index contributed by atoms with van der Waals surface area (Å²) in [7, 11) is 0.